The van der Waals surface area contributed by atoms with E-state index in [0.29, 0.717) is 6.04 Å². The number of anilines is 1. The molecule has 0 fully saturated rings. The summed E-state index contributed by atoms with van der Waals surface area (Å²) in [5, 5.41) is 8.87. The van der Waals surface area contributed by atoms with E-state index in [-0.39, 0.29) is 0 Å². The highest BCUT2D eigenvalue weighted by atomic mass is 16.5. The molecule has 0 atom stereocenters. The van der Waals surface area contributed by atoms with Gasteiger partial charge in [0.15, 0.2) is 5.65 Å². The van der Waals surface area contributed by atoms with Gasteiger partial charge in [0.05, 0.1) is 12.8 Å². The van der Waals surface area contributed by atoms with Crippen LogP contribution in [0, 0.1) is 13.8 Å². The SMILES string of the molecule is CCCC(CCC)Nc1c2c(nc3c(-c4ccc(OC)cc4C)c(C)nn13)CCC2. The van der Waals surface area contributed by atoms with E-state index >= 15 is 0 Å². The summed E-state index contributed by atoms with van der Waals surface area (Å²) in [6.07, 6.45) is 8.03. The van der Waals surface area contributed by atoms with Crippen LogP contribution in [0.15, 0.2) is 18.2 Å². The number of nitrogens with one attached hydrogen (secondary N) is 1. The van der Waals surface area contributed by atoms with Crippen molar-refractivity contribution in [2.75, 3.05) is 12.4 Å². The van der Waals surface area contributed by atoms with E-state index in [2.05, 4.69) is 49.7 Å². The van der Waals surface area contributed by atoms with Crippen LogP contribution in [0.2, 0.25) is 0 Å². The van der Waals surface area contributed by atoms with Crippen molar-refractivity contribution in [2.24, 2.45) is 0 Å². The van der Waals surface area contributed by atoms with Crippen molar-refractivity contribution < 1.29 is 4.74 Å². The largest absolute Gasteiger partial charge is 0.497 e. The minimum Gasteiger partial charge on any atom is -0.497 e. The zero-order chi connectivity index (χ0) is 21.3. The van der Waals surface area contributed by atoms with Crippen LogP contribution in [0.1, 0.15) is 68.5 Å². The second kappa shape index (κ2) is 8.66. The first-order valence-corrected chi connectivity index (χ1v) is 11.4. The maximum Gasteiger partial charge on any atom is 0.165 e. The van der Waals surface area contributed by atoms with Gasteiger partial charge in [-0.2, -0.15) is 9.61 Å². The van der Waals surface area contributed by atoms with Gasteiger partial charge in [0.1, 0.15) is 11.6 Å². The maximum absolute atomic E-state index is 5.41. The smallest absolute Gasteiger partial charge is 0.165 e. The van der Waals surface area contributed by atoms with Gasteiger partial charge < -0.3 is 10.1 Å². The number of hydrogen-bond acceptors (Lipinski definition) is 4. The van der Waals surface area contributed by atoms with Crippen LogP contribution in [-0.4, -0.2) is 27.7 Å². The molecule has 2 heterocycles. The van der Waals surface area contributed by atoms with E-state index in [1.54, 1.807) is 7.11 Å². The lowest BCUT2D eigenvalue weighted by atomic mass is 10.0. The molecule has 1 aliphatic carbocycles. The number of fused-ring (bicyclic) bond motifs is 2. The molecule has 5 heteroatoms. The van der Waals surface area contributed by atoms with Gasteiger partial charge in [-0.25, -0.2) is 4.98 Å². The Morgan fingerprint density at radius 3 is 2.57 bits per heavy atom. The van der Waals surface area contributed by atoms with E-state index < -0.39 is 0 Å². The Labute approximate surface area is 179 Å². The van der Waals surface area contributed by atoms with Crippen LogP contribution in [-0.2, 0) is 12.8 Å². The molecule has 1 aliphatic rings. The average Bonchev–Trinajstić information content (AvgIpc) is 3.32. The Morgan fingerprint density at radius 1 is 1.13 bits per heavy atom. The van der Waals surface area contributed by atoms with Gasteiger partial charge in [0.25, 0.3) is 0 Å². The number of benzene rings is 1. The average molecular weight is 407 g/mol. The fraction of sp³-hybridized carbons (Fsp3) is 0.520. The zero-order valence-corrected chi connectivity index (χ0v) is 19.0. The molecule has 3 aromatic rings. The lowest BCUT2D eigenvalue weighted by molar-refractivity contribution is 0.414. The van der Waals surface area contributed by atoms with Gasteiger partial charge in [-0.1, -0.05) is 32.8 Å². The van der Waals surface area contributed by atoms with E-state index in [1.165, 1.54) is 60.3 Å². The van der Waals surface area contributed by atoms with Crippen molar-refractivity contribution in [3.05, 3.63) is 40.7 Å². The van der Waals surface area contributed by atoms with Gasteiger partial charge in [-0.3, -0.25) is 0 Å². The van der Waals surface area contributed by atoms with Gasteiger partial charge in [0, 0.05) is 22.9 Å². The standard InChI is InChI=1S/C25H34N4O/c1-6-9-18(10-7-2)26-24-21-11-8-12-22(21)27-25-23(17(4)28-29(24)25)20-14-13-19(30-5)15-16(20)3/h13-15,18,26H,6-12H2,1-5H3. The summed E-state index contributed by atoms with van der Waals surface area (Å²) in [7, 11) is 1.71. The van der Waals surface area contributed by atoms with Crippen LogP contribution >= 0.6 is 0 Å². The molecule has 0 unspecified atom stereocenters. The number of rotatable bonds is 8. The molecule has 5 nitrogen and oxygen atoms in total. The third kappa shape index (κ3) is 3.66. The van der Waals surface area contributed by atoms with Crippen LogP contribution in [0.5, 0.6) is 5.75 Å². The third-order valence-corrected chi connectivity index (χ3v) is 6.28. The predicted molar refractivity (Wildman–Crippen MR) is 124 cm³/mol. The van der Waals surface area contributed by atoms with Crippen molar-refractivity contribution in [1.29, 1.82) is 0 Å². The fourth-order valence-corrected chi connectivity index (χ4v) is 4.82. The molecule has 0 saturated heterocycles. The lowest BCUT2D eigenvalue weighted by Gasteiger charge is -2.21. The summed E-state index contributed by atoms with van der Waals surface area (Å²) in [5.41, 5.74) is 8.08. The fourth-order valence-electron chi connectivity index (χ4n) is 4.82. The first-order valence-electron chi connectivity index (χ1n) is 11.4. The zero-order valence-electron chi connectivity index (χ0n) is 19.0. The molecule has 2 aromatic heterocycles. The van der Waals surface area contributed by atoms with Crippen molar-refractivity contribution in [2.45, 2.75) is 78.7 Å². The molecule has 0 saturated carbocycles. The van der Waals surface area contributed by atoms with Crippen LogP contribution in [0.25, 0.3) is 16.8 Å². The van der Waals surface area contributed by atoms with E-state index in [9.17, 15) is 0 Å². The Kier molecular flexibility index (Phi) is 5.98. The number of nitrogens with zero attached hydrogens (tertiary/aromatic N) is 3. The Balaban J connectivity index is 1.88. The summed E-state index contributed by atoms with van der Waals surface area (Å²) >= 11 is 0. The molecule has 30 heavy (non-hydrogen) atoms. The van der Waals surface area contributed by atoms with E-state index in [1.807, 2.05) is 6.07 Å². The summed E-state index contributed by atoms with van der Waals surface area (Å²) in [5.74, 6) is 2.04. The van der Waals surface area contributed by atoms with Crippen LogP contribution < -0.4 is 10.1 Å². The highest BCUT2D eigenvalue weighted by Crippen LogP contribution is 2.36. The Hall–Kier alpha value is -2.56. The molecule has 1 aromatic carbocycles. The van der Waals surface area contributed by atoms with Crippen molar-refractivity contribution in [1.82, 2.24) is 14.6 Å². The first-order chi connectivity index (χ1) is 14.6. The molecular weight excluding hydrogens is 372 g/mol. The van der Waals surface area contributed by atoms with Gasteiger partial charge in [0.2, 0.25) is 0 Å². The Morgan fingerprint density at radius 2 is 1.90 bits per heavy atom. The lowest BCUT2D eigenvalue weighted by Crippen LogP contribution is -2.22. The molecule has 0 aliphatic heterocycles. The van der Waals surface area contributed by atoms with Crippen molar-refractivity contribution in [3.8, 4) is 16.9 Å². The number of aryl methyl sites for hydroxylation is 3. The number of aromatic nitrogens is 3. The topological polar surface area (TPSA) is 51.5 Å². The highest BCUT2D eigenvalue weighted by molar-refractivity contribution is 5.83. The monoisotopic (exact) mass is 406 g/mol. The molecule has 160 valence electrons. The summed E-state index contributed by atoms with van der Waals surface area (Å²) < 4.78 is 7.49. The number of ether oxygens (including phenoxy) is 1. The second-order valence-corrected chi connectivity index (χ2v) is 8.53. The highest BCUT2D eigenvalue weighted by Gasteiger charge is 2.25. The van der Waals surface area contributed by atoms with Crippen LogP contribution in [0.3, 0.4) is 0 Å². The maximum atomic E-state index is 5.41. The molecule has 4 rings (SSSR count). The van der Waals surface area contributed by atoms with Gasteiger partial charge in [-0.05, 0) is 69.2 Å². The quantitative estimate of drug-likeness (QED) is 0.507. The molecule has 0 bridgehead atoms. The van der Waals surface area contributed by atoms with Crippen molar-refractivity contribution in [3.63, 3.8) is 0 Å². The third-order valence-electron chi connectivity index (χ3n) is 6.28. The summed E-state index contributed by atoms with van der Waals surface area (Å²) in [4.78, 5) is 5.13. The minimum absolute atomic E-state index is 0.478. The molecule has 1 N–H and O–H groups in total. The number of hydrogen-bond donors (Lipinski definition) is 1. The molecule has 0 radical (unpaired) electrons. The van der Waals surface area contributed by atoms with E-state index in [4.69, 9.17) is 14.8 Å². The van der Waals surface area contributed by atoms with Crippen LogP contribution in [0.4, 0.5) is 5.82 Å². The van der Waals surface area contributed by atoms with Gasteiger partial charge >= 0.3 is 0 Å². The van der Waals surface area contributed by atoms with E-state index in [0.717, 1.165) is 35.5 Å². The minimum atomic E-state index is 0.478. The summed E-state index contributed by atoms with van der Waals surface area (Å²) in [6, 6.07) is 6.72. The Bertz CT molecular complexity index is 1050. The normalized spacial score (nSPS) is 13.3. The molecule has 0 amide bonds. The first kappa shape index (κ1) is 20.7. The molecular formula is C25H34N4O. The van der Waals surface area contributed by atoms with Crippen molar-refractivity contribution >= 4 is 11.5 Å². The second-order valence-electron chi connectivity index (χ2n) is 8.53. The number of methoxy groups -OCH3 is 1. The molecule has 0 spiro atoms. The van der Waals surface area contributed by atoms with Gasteiger partial charge in [-0.15, -0.1) is 0 Å². The predicted octanol–water partition coefficient (Wildman–Crippen LogP) is 5.89. The summed E-state index contributed by atoms with van der Waals surface area (Å²) in [6.45, 7) is 8.75.